The Morgan fingerprint density at radius 3 is 1.89 bits per heavy atom. The van der Waals surface area contributed by atoms with E-state index in [9.17, 15) is 4.79 Å². The van der Waals surface area contributed by atoms with Gasteiger partial charge in [0.15, 0.2) is 0 Å². The minimum absolute atomic E-state index is 0.245. The summed E-state index contributed by atoms with van der Waals surface area (Å²) in [4.78, 5) is 12.0. The molecule has 0 aliphatic rings. The third-order valence-corrected chi connectivity index (χ3v) is 6.59. The molecule has 4 rings (SSSR count). The summed E-state index contributed by atoms with van der Waals surface area (Å²) in [6.07, 6.45) is 0. The van der Waals surface area contributed by atoms with Crippen LogP contribution in [0.4, 0.5) is 0 Å². The SMILES string of the molecule is C=C(C)c1ccc(Sc2ccc(C(=C)c3cc4cc(C(C)C)ccc4o3)cc2)cc1.COC(C)=O. The Labute approximate surface area is 212 Å². The molecule has 4 heteroatoms. The first-order valence-corrected chi connectivity index (χ1v) is 12.3. The molecule has 0 atom stereocenters. The highest BCUT2D eigenvalue weighted by Crippen LogP contribution is 2.33. The number of allylic oxidation sites excluding steroid dienone is 1. The van der Waals surface area contributed by atoms with Gasteiger partial charge in [0.2, 0.25) is 0 Å². The summed E-state index contributed by atoms with van der Waals surface area (Å²) >= 11 is 1.75. The molecular formula is C31H32O3S. The summed E-state index contributed by atoms with van der Waals surface area (Å²) in [6.45, 7) is 16.1. The molecule has 0 saturated heterocycles. The van der Waals surface area contributed by atoms with Crippen LogP contribution in [0.5, 0.6) is 0 Å². The molecule has 0 unspecified atom stereocenters. The normalized spacial score (nSPS) is 10.6. The van der Waals surface area contributed by atoms with E-state index in [1.54, 1.807) is 11.8 Å². The number of furan rings is 1. The average molecular weight is 485 g/mol. The number of esters is 1. The zero-order valence-corrected chi connectivity index (χ0v) is 21.9. The van der Waals surface area contributed by atoms with Crippen molar-refractivity contribution in [1.29, 1.82) is 0 Å². The van der Waals surface area contributed by atoms with E-state index in [2.05, 4.69) is 105 Å². The molecule has 0 aliphatic heterocycles. The molecule has 0 radical (unpaired) electrons. The molecule has 35 heavy (non-hydrogen) atoms. The Kier molecular flexibility index (Phi) is 8.78. The summed E-state index contributed by atoms with van der Waals surface area (Å²) in [7, 11) is 1.35. The molecule has 0 saturated carbocycles. The van der Waals surface area contributed by atoms with Crippen molar-refractivity contribution in [3.05, 3.63) is 108 Å². The van der Waals surface area contributed by atoms with E-state index in [0.717, 1.165) is 33.4 Å². The predicted molar refractivity (Wildman–Crippen MR) is 148 cm³/mol. The minimum Gasteiger partial charge on any atom is -0.469 e. The van der Waals surface area contributed by atoms with Gasteiger partial charge in [0.05, 0.1) is 7.11 Å². The quantitative estimate of drug-likeness (QED) is 0.256. The monoisotopic (exact) mass is 484 g/mol. The molecule has 0 bridgehead atoms. The van der Waals surface area contributed by atoms with Gasteiger partial charge in [-0.25, -0.2) is 0 Å². The molecule has 1 heterocycles. The number of benzene rings is 3. The van der Waals surface area contributed by atoms with Crippen LogP contribution in [0.1, 0.15) is 56.1 Å². The topological polar surface area (TPSA) is 39.4 Å². The van der Waals surface area contributed by atoms with E-state index < -0.39 is 0 Å². The number of hydrogen-bond donors (Lipinski definition) is 0. The fourth-order valence-electron chi connectivity index (χ4n) is 3.38. The Morgan fingerprint density at radius 2 is 1.40 bits per heavy atom. The van der Waals surface area contributed by atoms with Crippen LogP contribution in [0.3, 0.4) is 0 Å². The molecular weight excluding hydrogens is 452 g/mol. The summed E-state index contributed by atoms with van der Waals surface area (Å²) in [5.74, 6) is 1.07. The Hall–Kier alpha value is -3.50. The van der Waals surface area contributed by atoms with Gasteiger partial charge in [-0.05, 0) is 72.0 Å². The lowest BCUT2D eigenvalue weighted by Crippen LogP contribution is -1.88. The van der Waals surface area contributed by atoms with E-state index in [-0.39, 0.29) is 5.97 Å². The smallest absolute Gasteiger partial charge is 0.302 e. The highest BCUT2D eigenvalue weighted by Gasteiger charge is 2.11. The molecule has 0 amide bonds. The third kappa shape index (κ3) is 7.00. The van der Waals surface area contributed by atoms with E-state index in [1.807, 2.05) is 6.92 Å². The van der Waals surface area contributed by atoms with Gasteiger partial charge in [-0.1, -0.05) is 74.7 Å². The van der Waals surface area contributed by atoms with Crippen LogP contribution in [-0.4, -0.2) is 13.1 Å². The molecule has 0 aliphatic carbocycles. The minimum atomic E-state index is -0.245. The fourth-order valence-corrected chi connectivity index (χ4v) is 4.20. The molecule has 1 aromatic heterocycles. The van der Waals surface area contributed by atoms with Gasteiger partial charge in [-0.15, -0.1) is 0 Å². The molecule has 0 spiro atoms. The number of ether oxygens (including phenoxy) is 1. The van der Waals surface area contributed by atoms with Gasteiger partial charge >= 0.3 is 5.97 Å². The average Bonchev–Trinajstić information content (AvgIpc) is 3.28. The summed E-state index contributed by atoms with van der Waals surface area (Å²) < 4.78 is 10.2. The lowest BCUT2D eigenvalue weighted by molar-refractivity contribution is -0.137. The van der Waals surface area contributed by atoms with Crippen LogP contribution < -0.4 is 0 Å². The van der Waals surface area contributed by atoms with Crippen molar-refractivity contribution in [2.24, 2.45) is 0 Å². The zero-order chi connectivity index (χ0) is 25.5. The summed E-state index contributed by atoms with van der Waals surface area (Å²) in [6, 6.07) is 25.5. The first-order chi connectivity index (χ1) is 16.7. The first kappa shape index (κ1) is 26.1. The second-order valence-corrected chi connectivity index (χ2v) is 9.81. The molecule has 3 aromatic carbocycles. The molecule has 0 N–H and O–H groups in total. The van der Waals surface area contributed by atoms with E-state index in [4.69, 9.17) is 4.42 Å². The van der Waals surface area contributed by atoms with Crippen molar-refractivity contribution >= 4 is 39.8 Å². The predicted octanol–water partition coefficient (Wildman–Crippen LogP) is 8.98. The van der Waals surface area contributed by atoms with Crippen molar-refractivity contribution in [3.8, 4) is 0 Å². The van der Waals surface area contributed by atoms with Crippen molar-refractivity contribution in [2.75, 3.05) is 7.11 Å². The Bertz CT molecular complexity index is 1330. The largest absolute Gasteiger partial charge is 0.469 e. The van der Waals surface area contributed by atoms with Crippen LogP contribution in [0, 0.1) is 0 Å². The van der Waals surface area contributed by atoms with Gasteiger partial charge in [-0.3, -0.25) is 4.79 Å². The number of carbonyl (C=O) groups is 1. The second-order valence-electron chi connectivity index (χ2n) is 8.67. The van der Waals surface area contributed by atoms with Gasteiger partial charge in [0, 0.05) is 27.7 Å². The standard InChI is InChI=1S/C28H26OS.C3H6O2/c1-18(2)21-6-11-25(12-7-21)30-26-13-8-22(9-14-26)20(5)28-17-24-16-23(19(3)4)10-15-27(24)29-28;1-3(4)5-2/h6-17,19H,1,5H2,2-4H3;1-2H3. The van der Waals surface area contributed by atoms with Gasteiger partial charge in [0.1, 0.15) is 11.3 Å². The van der Waals surface area contributed by atoms with Crippen LogP contribution in [0.25, 0.3) is 22.1 Å². The maximum atomic E-state index is 9.59. The number of hydrogen-bond acceptors (Lipinski definition) is 4. The fraction of sp³-hybridized carbons (Fsp3) is 0.194. The lowest BCUT2D eigenvalue weighted by atomic mass is 10.0. The van der Waals surface area contributed by atoms with E-state index in [0.29, 0.717) is 5.92 Å². The van der Waals surface area contributed by atoms with E-state index in [1.165, 1.54) is 35.0 Å². The van der Waals surface area contributed by atoms with Crippen LogP contribution in [-0.2, 0) is 9.53 Å². The Morgan fingerprint density at radius 1 is 0.857 bits per heavy atom. The van der Waals surface area contributed by atoms with E-state index >= 15 is 0 Å². The molecule has 3 nitrogen and oxygen atoms in total. The summed E-state index contributed by atoms with van der Waals surface area (Å²) in [5.41, 5.74) is 6.46. The highest BCUT2D eigenvalue weighted by molar-refractivity contribution is 7.99. The molecule has 4 aromatic rings. The number of rotatable bonds is 6. The van der Waals surface area contributed by atoms with Gasteiger partial charge in [-0.2, -0.15) is 0 Å². The third-order valence-electron chi connectivity index (χ3n) is 5.58. The van der Waals surface area contributed by atoms with Crippen molar-refractivity contribution < 1.29 is 13.9 Å². The van der Waals surface area contributed by atoms with Crippen LogP contribution >= 0.6 is 11.8 Å². The molecule has 180 valence electrons. The number of fused-ring (bicyclic) bond motifs is 1. The van der Waals surface area contributed by atoms with Gasteiger partial charge in [0.25, 0.3) is 0 Å². The van der Waals surface area contributed by atoms with Gasteiger partial charge < -0.3 is 9.15 Å². The maximum absolute atomic E-state index is 9.59. The summed E-state index contributed by atoms with van der Waals surface area (Å²) in [5, 5.41) is 1.13. The Balaban J connectivity index is 0.000000623. The van der Waals surface area contributed by atoms with Crippen molar-refractivity contribution in [3.63, 3.8) is 0 Å². The van der Waals surface area contributed by atoms with Crippen LogP contribution in [0.15, 0.2) is 100 Å². The van der Waals surface area contributed by atoms with Crippen molar-refractivity contribution in [2.45, 2.75) is 43.4 Å². The highest BCUT2D eigenvalue weighted by atomic mass is 32.2. The maximum Gasteiger partial charge on any atom is 0.302 e. The van der Waals surface area contributed by atoms with Crippen molar-refractivity contribution in [1.82, 2.24) is 0 Å². The second kappa shape index (κ2) is 11.8. The first-order valence-electron chi connectivity index (χ1n) is 11.5. The number of carbonyl (C=O) groups excluding carboxylic acids is 1. The lowest BCUT2D eigenvalue weighted by Gasteiger charge is -2.06. The zero-order valence-electron chi connectivity index (χ0n) is 21.1. The number of methoxy groups -OCH3 is 1. The van der Waals surface area contributed by atoms with Crippen LogP contribution in [0.2, 0.25) is 0 Å². The molecule has 0 fully saturated rings.